The van der Waals surface area contributed by atoms with E-state index >= 15 is 0 Å². The second kappa shape index (κ2) is 3.85. The highest BCUT2D eigenvalue weighted by Gasteiger charge is 2.05. The second-order valence-corrected chi connectivity index (χ2v) is 2.78. The summed E-state index contributed by atoms with van der Waals surface area (Å²) >= 11 is 0. The number of carbonyl (C=O) groups excluding carboxylic acids is 1. The van der Waals surface area contributed by atoms with Gasteiger partial charge in [0.2, 0.25) is 0 Å². The van der Waals surface area contributed by atoms with Crippen LogP contribution in [0.4, 0.5) is 0 Å². The molecule has 0 saturated carbocycles. The number of hydrogen-bond acceptors (Lipinski definition) is 2. The molecule has 1 aromatic rings. The van der Waals surface area contributed by atoms with Crippen molar-refractivity contribution in [1.82, 2.24) is 10.3 Å². The summed E-state index contributed by atoms with van der Waals surface area (Å²) in [5, 5.41) is 2.74. The van der Waals surface area contributed by atoms with Gasteiger partial charge >= 0.3 is 0 Å². The van der Waals surface area contributed by atoms with Crippen LogP contribution in [0.15, 0.2) is 18.2 Å². The maximum absolute atomic E-state index is 11.3. The van der Waals surface area contributed by atoms with Gasteiger partial charge in [0, 0.05) is 6.04 Å². The monoisotopic (exact) mass is 163 g/mol. The van der Waals surface area contributed by atoms with Gasteiger partial charge in [-0.15, -0.1) is 0 Å². The molecule has 0 aliphatic rings. The first-order chi connectivity index (χ1) is 5.70. The summed E-state index contributed by atoms with van der Waals surface area (Å²) < 4.78 is 0. The van der Waals surface area contributed by atoms with E-state index in [4.69, 9.17) is 0 Å². The van der Waals surface area contributed by atoms with Gasteiger partial charge < -0.3 is 5.32 Å². The van der Waals surface area contributed by atoms with Crippen molar-refractivity contribution in [2.45, 2.75) is 19.9 Å². The highest BCUT2D eigenvalue weighted by atomic mass is 16.1. The molecule has 1 rings (SSSR count). The van der Waals surface area contributed by atoms with E-state index in [1.54, 1.807) is 18.2 Å². The van der Waals surface area contributed by atoms with Gasteiger partial charge in [-0.2, -0.15) is 0 Å². The number of carbonyl (C=O) groups is 1. The van der Waals surface area contributed by atoms with E-state index in [1.165, 1.54) is 0 Å². The van der Waals surface area contributed by atoms with Crippen LogP contribution in [0, 0.1) is 6.20 Å². The molecule has 0 atom stereocenters. The molecule has 0 fully saturated rings. The van der Waals surface area contributed by atoms with E-state index in [9.17, 15) is 4.79 Å². The highest BCUT2D eigenvalue weighted by molar-refractivity contribution is 5.92. The highest BCUT2D eigenvalue weighted by Crippen LogP contribution is 1.92. The fraction of sp³-hybridized carbons (Fsp3) is 0.333. The number of nitrogens with zero attached hydrogens (tertiary/aromatic N) is 1. The Bertz CT molecular complexity index is 256. The first kappa shape index (κ1) is 8.71. The van der Waals surface area contributed by atoms with Gasteiger partial charge in [0.05, 0.1) is 6.20 Å². The molecular weight excluding hydrogens is 152 g/mol. The number of rotatable bonds is 2. The Balaban J connectivity index is 2.66. The Labute approximate surface area is 71.8 Å². The van der Waals surface area contributed by atoms with Gasteiger partial charge in [-0.1, -0.05) is 6.07 Å². The van der Waals surface area contributed by atoms with E-state index in [2.05, 4.69) is 16.5 Å². The number of hydrogen-bond donors (Lipinski definition) is 1. The van der Waals surface area contributed by atoms with Crippen molar-refractivity contribution in [3.8, 4) is 0 Å². The summed E-state index contributed by atoms with van der Waals surface area (Å²) in [5.74, 6) is -0.151. The lowest BCUT2D eigenvalue weighted by Crippen LogP contribution is -2.30. The predicted octanol–water partition coefficient (Wildman–Crippen LogP) is 1.02. The molecule has 1 heterocycles. The fourth-order valence-electron chi connectivity index (χ4n) is 0.789. The van der Waals surface area contributed by atoms with Gasteiger partial charge in [-0.05, 0) is 26.0 Å². The summed E-state index contributed by atoms with van der Waals surface area (Å²) in [6.07, 6.45) is 2.60. The van der Waals surface area contributed by atoms with Crippen molar-refractivity contribution in [3.63, 3.8) is 0 Å². The average Bonchev–Trinajstić information content (AvgIpc) is 2.05. The van der Waals surface area contributed by atoms with E-state index in [0.717, 1.165) is 0 Å². The first-order valence-corrected chi connectivity index (χ1v) is 3.84. The van der Waals surface area contributed by atoms with Gasteiger partial charge in [-0.25, -0.2) is 4.98 Å². The third-order valence-corrected chi connectivity index (χ3v) is 1.26. The van der Waals surface area contributed by atoms with Crippen molar-refractivity contribution in [1.29, 1.82) is 0 Å². The van der Waals surface area contributed by atoms with Crippen molar-refractivity contribution in [3.05, 3.63) is 30.1 Å². The Morgan fingerprint density at radius 1 is 1.67 bits per heavy atom. The lowest BCUT2D eigenvalue weighted by Gasteiger charge is -2.06. The predicted molar refractivity (Wildman–Crippen MR) is 45.7 cm³/mol. The van der Waals surface area contributed by atoms with Crippen LogP contribution < -0.4 is 5.32 Å². The van der Waals surface area contributed by atoms with E-state index in [-0.39, 0.29) is 11.9 Å². The summed E-state index contributed by atoms with van der Waals surface area (Å²) in [5.41, 5.74) is 0.409. The maximum atomic E-state index is 11.3. The summed E-state index contributed by atoms with van der Waals surface area (Å²) in [7, 11) is 0. The third kappa shape index (κ3) is 2.34. The molecule has 0 unspecified atom stereocenters. The Hall–Kier alpha value is -1.38. The summed E-state index contributed by atoms with van der Waals surface area (Å²) in [6, 6.07) is 5.20. The standard InChI is InChI=1S/C9H11N2O/c1-7(2)11-9(12)8-5-3-4-6-10-8/h3-5,7H,1-2H3,(H,11,12). The zero-order chi connectivity index (χ0) is 8.97. The molecule has 1 radical (unpaired) electrons. The largest absolute Gasteiger partial charge is 0.349 e. The number of pyridine rings is 1. The van der Waals surface area contributed by atoms with Crippen molar-refractivity contribution < 1.29 is 4.79 Å². The Morgan fingerprint density at radius 3 is 2.92 bits per heavy atom. The van der Waals surface area contributed by atoms with Gasteiger partial charge in [0.1, 0.15) is 5.69 Å². The molecule has 3 nitrogen and oxygen atoms in total. The summed E-state index contributed by atoms with van der Waals surface area (Å²) in [4.78, 5) is 15.1. The minimum Gasteiger partial charge on any atom is -0.349 e. The quantitative estimate of drug-likeness (QED) is 0.707. The SMILES string of the molecule is CC(C)NC(=O)c1ccc[c]n1. The van der Waals surface area contributed by atoms with Gasteiger partial charge in [-0.3, -0.25) is 4.79 Å². The number of nitrogens with one attached hydrogen (secondary N) is 1. The normalized spacial score (nSPS) is 9.92. The van der Waals surface area contributed by atoms with E-state index < -0.39 is 0 Å². The lowest BCUT2D eigenvalue weighted by atomic mass is 10.3. The first-order valence-electron chi connectivity index (χ1n) is 3.84. The molecule has 1 N–H and O–H groups in total. The molecule has 0 bridgehead atoms. The second-order valence-electron chi connectivity index (χ2n) is 2.78. The van der Waals surface area contributed by atoms with E-state index in [0.29, 0.717) is 5.69 Å². The van der Waals surface area contributed by atoms with Gasteiger partial charge in [0.25, 0.3) is 5.91 Å². The molecule has 0 aromatic carbocycles. The molecule has 0 spiro atoms. The Morgan fingerprint density at radius 2 is 2.42 bits per heavy atom. The number of amides is 1. The molecule has 12 heavy (non-hydrogen) atoms. The van der Waals surface area contributed by atoms with Crippen LogP contribution in [0.25, 0.3) is 0 Å². The average molecular weight is 163 g/mol. The van der Waals surface area contributed by atoms with Crippen molar-refractivity contribution in [2.75, 3.05) is 0 Å². The minimum atomic E-state index is -0.151. The van der Waals surface area contributed by atoms with Gasteiger partial charge in [0.15, 0.2) is 0 Å². The molecule has 0 aliphatic heterocycles. The van der Waals surface area contributed by atoms with Crippen LogP contribution >= 0.6 is 0 Å². The minimum absolute atomic E-state index is 0.138. The van der Waals surface area contributed by atoms with Crippen molar-refractivity contribution >= 4 is 5.91 Å². The van der Waals surface area contributed by atoms with Crippen LogP contribution in [0.3, 0.4) is 0 Å². The third-order valence-electron chi connectivity index (χ3n) is 1.26. The van der Waals surface area contributed by atoms with E-state index in [1.807, 2.05) is 13.8 Å². The molecule has 0 aliphatic carbocycles. The number of aromatic nitrogens is 1. The molecule has 63 valence electrons. The Kier molecular flexibility index (Phi) is 2.80. The fourth-order valence-corrected chi connectivity index (χ4v) is 0.789. The van der Waals surface area contributed by atoms with Crippen LogP contribution in [0.1, 0.15) is 24.3 Å². The van der Waals surface area contributed by atoms with Crippen LogP contribution in [0.2, 0.25) is 0 Å². The molecule has 0 saturated heterocycles. The van der Waals surface area contributed by atoms with Crippen LogP contribution in [-0.2, 0) is 0 Å². The molecule has 1 aromatic heterocycles. The lowest BCUT2D eigenvalue weighted by molar-refractivity contribution is 0.0938. The maximum Gasteiger partial charge on any atom is 0.270 e. The molecular formula is C9H11N2O. The zero-order valence-corrected chi connectivity index (χ0v) is 7.16. The van der Waals surface area contributed by atoms with Crippen LogP contribution in [-0.4, -0.2) is 16.9 Å². The van der Waals surface area contributed by atoms with Crippen LogP contribution in [0.5, 0.6) is 0 Å². The summed E-state index contributed by atoms with van der Waals surface area (Å²) in [6.45, 7) is 3.81. The smallest absolute Gasteiger partial charge is 0.270 e. The molecule has 1 amide bonds. The topological polar surface area (TPSA) is 42.0 Å². The van der Waals surface area contributed by atoms with Crippen molar-refractivity contribution in [2.24, 2.45) is 0 Å². The zero-order valence-electron chi connectivity index (χ0n) is 7.16. The molecule has 3 heteroatoms.